The highest BCUT2D eigenvalue weighted by Crippen LogP contribution is 2.25. The second kappa shape index (κ2) is 7.62. The largest absolute Gasteiger partial charge is 0.439 e. The Labute approximate surface area is 155 Å². The summed E-state index contributed by atoms with van der Waals surface area (Å²) >= 11 is 0. The molecule has 0 radical (unpaired) electrons. The summed E-state index contributed by atoms with van der Waals surface area (Å²) in [4.78, 5) is 17.4. The van der Waals surface area contributed by atoms with Crippen LogP contribution in [0.15, 0.2) is 65.3 Å². The number of rotatable bonds is 6. The maximum Gasteiger partial charge on any atom is 0.222 e. The molecule has 7 heteroatoms. The zero-order chi connectivity index (χ0) is 18.5. The van der Waals surface area contributed by atoms with E-state index in [0.717, 1.165) is 17.6 Å². The lowest BCUT2D eigenvalue weighted by molar-refractivity contribution is 0.525. The molecule has 0 aliphatic carbocycles. The van der Waals surface area contributed by atoms with Crippen molar-refractivity contribution in [3.8, 4) is 6.07 Å². The third-order valence-electron chi connectivity index (χ3n) is 4.05. The molecule has 0 saturated heterocycles. The van der Waals surface area contributed by atoms with E-state index in [1.54, 1.807) is 18.5 Å². The van der Waals surface area contributed by atoms with E-state index in [2.05, 4.69) is 31.3 Å². The van der Waals surface area contributed by atoms with E-state index < -0.39 is 5.92 Å². The smallest absolute Gasteiger partial charge is 0.222 e. The minimum Gasteiger partial charge on any atom is -0.439 e. The number of nitrogens with zero attached hydrogens (tertiary/aromatic N) is 5. The Morgan fingerprint density at radius 2 is 1.89 bits per heavy atom. The maximum atomic E-state index is 9.63. The summed E-state index contributed by atoms with van der Waals surface area (Å²) in [6, 6.07) is 17.2. The van der Waals surface area contributed by atoms with Crippen molar-refractivity contribution in [1.82, 2.24) is 19.9 Å². The number of benzene rings is 1. The lowest BCUT2D eigenvalue weighted by Gasteiger charge is -2.08. The van der Waals surface area contributed by atoms with Gasteiger partial charge in [-0.15, -0.1) is 0 Å². The summed E-state index contributed by atoms with van der Waals surface area (Å²) in [6.45, 7) is 0.639. The Bertz CT molecular complexity index is 1050. The molecule has 0 aliphatic heterocycles. The van der Waals surface area contributed by atoms with Crippen LogP contribution in [0.4, 0.5) is 5.95 Å². The number of para-hydroxylation sites is 2. The zero-order valence-electron chi connectivity index (χ0n) is 14.4. The molecule has 3 aromatic heterocycles. The fourth-order valence-electron chi connectivity index (χ4n) is 2.73. The summed E-state index contributed by atoms with van der Waals surface area (Å²) in [5.74, 6) is 0.0911. The predicted octanol–water partition coefficient (Wildman–Crippen LogP) is 3.32. The van der Waals surface area contributed by atoms with Crippen LogP contribution < -0.4 is 5.32 Å². The van der Waals surface area contributed by atoms with E-state index in [1.807, 2.05) is 42.5 Å². The summed E-state index contributed by atoms with van der Waals surface area (Å²) in [6.07, 6.45) is 4.14. The van der Waals surface area contributed by atoms with Crippen molar-refractivity contribution in [2.45, 2.75) is 12.3 Å². The van der Waals surface area contributed by atoms with Crippen LogP contribution in [0.3, 0.4) is 0 Å². The van der Waals surface area contributed by atoms with Crippen molar-refractivity contribution >= 4 is 17.0 Å². The molecule has 0 amide bonds. The summed E-state index contributed by atoms with van der Waals surface area (Å²) in [5.41, 5.74) is 2.90. The van der Waals surface area contributed by atoms with E-state index in [9.17, 15) is 5.26 Å². The highest BCUT2D eigenvalue weighted by atomic mass is 16.3. The first-order valence-electron chi connectivity index (χ1n) is 8.55. The molecule has 1 unspecified atom stereocenters. The molecule has 3 heterocycles. The standard InChI is InChI=1S/C20H16N6O/c21-13-15(19-25-17-6-1-2-7-18(17)27-19)16-9-12-24-20(26-16)23-11-8-14-5-3-4-10-22-14/h1-7,9-10,12,15H,8,11H2,(H,23,24,26). The number of pyridine rings is 1. The Hall–Kier alpha value is -3.79. The average Bonchev–Trinajstić information content (AvgIpc) is 3.13. The van der Waals surface area contributed by atoms with Crippen LogP contribution in [0.5, 0.6) is 0 Å². The lowest BCUT2D eigenvalue weighted by Crippen LogP contribution is -2.11. The van der Waals surface area contributed by atoms with E-state index in [1.165, 1.54) is 0 Å². The van der Waals surface area contributed by atoms with E-state index in [0.29, 0.717) is 29.7 Å². The number of aromatic nitrogens is 4. The van der Waals surface area contributed by atoms with Crippen LogP contribution in [0.1, 0.15) is 23.2 Å². The second-order valence-electron chi connectivity index (χ2n) is 5.88. The third kappa shape index (κ3) is 3.75. The summed E-state index contributed by atoms with van der Waals surface area (Å²) < 4.78 is 5.73. The van der Waals surface area contributed by atoms with Gasteiger partial charge in [-0.3, -0.25) is 4.98 Å². The van der Waals surface area contributed by atoms with Crippen molar-refractivity contribution < 1.29 is 4.42 Å². The van der Waals surface area contributed by atoms with Crippen molar-refractivity contribution in [3.05, 3.63) is 78.2 Å². The lowest BCUT2D eigenvalue weighted by atomic mass is 10.1. The molecule has 132 valence electrons. The summed E-state index contributed by atoms with van der Waals surface area (Å²) in [5, 5.41) is 12.8. The molecule has 7 nitrogen and oxygen atoms in total. The van der Waals surface area contributed by atoms with Gasteiger partial charge in [0.05, 0.1) is 11.8 Å². The van der Waals surface area contributed by atoms with Gasteiger partial charge < -0.3 is 9.73 Å². The van der Waals surface area contributed by atoms with Crippen LogP contribution in [0.2, 0.25) is 0 Å². The van der Waals surface area contributed by atoms with Crippen molar-refractivity contribution in [2.24, 2.45) is 0 Å². The summed E-state index contributed by atoms with van der Waals surface area (Å²) in [7, 11) is 0. The van der Waals surface area contributed by atoms with Gasteiger partial charge in [-0.1, -0.05) is 18.2 Å². The van der Waals surface area contributed by atoms with Gasteiger partial charge in [-0.25, -0.2) is 15.0 Å². The van der Waals surface area contributed by atoms with Gasteiger partial charge in [-0.05, 0) is 30.3 Å². The molecule has 1 aromatic carbocycles. The number of nitriles is 1. The van der Waals surface area contributed by atoms with Crippen LogP contribution in [-0.2, 0) is 6.42 Å². The Morgan fingerprint density at radius 1 is 1.00 bits per heavy atom. The predicted molar refractivity (Wildman–Crippen MR) is 99.9 cm³/mol. The van der Waals surface area contributed by atoms with Crippen LogP contribution in [0, 0.1) is 11.3 Å². The minimum atomic E-state index is -0.697. The number of hydrogen-bond donors (Lipinski definition) is 1. The molecular formula is C20H16N6O. The topological polar surface area (TPSA) is 101 Å². The van der Waals surface area contributed by atoms with Gasteiger partial charge in [0, 0.05) is 31.1 Å². The average molecular weight is 356 g/mol. The van der Waals surface area contributed by atoms with Crippen molar-refractivity contribution in [2.75, 3.05) is 11.9 Å². The monoisotopic (exact) mass is 356 g/mol. The van der Waals surface area contributed by atoms with Gasteiger partial charge in [0.2, 0.25) is 11.8 Å². The number of hydrogen-bond acceptors (Lipinski definition) is 7. The van der Waals surface area contributed by atoms with E-state index in [-0.39, 0.29) is 0 Å². The zero-order valence-corrected chi connectivity index (χ0v) is 14.4. The van der Waals surface area contributed by atoms with Crippen LogP contribution >= 0.6 is 0 Å². The minimum absolute atomic E-state index is 0.330. The second-order valence-corrected chi connectivity index (χ2v) is 5.88. The first kappa shape index (κ1) is 16.7. The van der Waals surface area contributed by atoms with Gasteiger partial charge in [-0.2, -0.15) is 5.26 Å². The van der Waals surface area contributed by atoms with Gasteiger partial charge >= 0.3 is 0 Å². The Balaban J connectivity index is 1.51. The molecule has 1 N–H and O–H groups in total. The molecule has 0 fully saturated rings. The highest BCUT2D eigenvalue weighted by Gasteiger charge is 2.22. The first-order valence-corrected chi connectivity index (χ1v) is 8.55. The van der Waals surface area contributed by atoms with Crippen molar-refractivity contribution in [1.29, 1.82) is 5.26 Å². The molecule has 4 rings (SSSR count). The molecule has 0 bridgehead atoms. The highest BCUT2D eigenvalue weighted by molar-refractivity contribution is 5.72. The van der Waals surface area contributed by atoms with Crippen LogP contribution in [0.25, 0.3) is 11.1 Å². The molecule has 0 spiro atoms. The molecule has 0 saturated carbocycles. The molecule has 4 aromatic rings. The van der Waals surface area contributed by atoms with Crippen LogP contribution in [-0.4, -0.2) is 26.5 Å². The number of fused-ring (bicyclic) bond motifs is 1. The fraction of sp³-hybridized carbons (Fsp3) is 0.150. The first-order chi connectivity index (χ1) is 13.3. The quantitative estimate of drug-likeness (QED) is 0.565. The Kier molecular flexibility index (Phi) is 4.70. The molecule has 27 heavy (non-hydrogen) atoms. The van der Waals surface area contributed by atoms with Gasteiger partial charge in [0.1, 0.15) is 5.52 Å². The fourth-order valence-corrected chi connectivity index (χ4v) is 2.73. The van der Waals surface area contributed by atoms with Crippen molar-refractivity contribution in [3.63, 3.8) is 0 Å². The number of oxazole rings is 1. The maximum absolute atomic E-state index is 9.63. The Morgan fingerprint density at radius 3 is 2.70 bits per heavy atom. The van der Waals surface area contributed by atoms with E-state index >= 15 is 0 Å². The number of anilines is 1. The third-order valence-corrected chi connectivity index (χ3v) is 4.05. The normalized spacial score (nSPS) is 11.8. The molecule has 0 aliphatic rings. The van der Waals surface area contributed by atoms with E-state index in [4.69, 9.17) is 4.42 Å². The molecular weight excluding hydrogens is 340 g/mol. The SMILES string of the molecule is N#CC(c1ccnc(NCCc2ccccn2)n1)c1nc2ccccc2o1. The number of nitrogens with one attached hydrogen (secondary N) is 1. The van der Waals surface area contributed by atoms with Gasteiger partial charge in [0.15, 0.2) is 11.5 Å². The van der Waals surface area contributed by atoms with Gasteiger partial charge in [0.25, 0.3) is 0 Å². The molecule has 1 atom stereocenters.